The second-order valence-corrected chi connectivity index (χ2v) is 3.78. The molecule has 0 bridgehead atoms. The van der Waals surface area contributed by atoms with Crippen molar-refractivity contribution in [2.75, 3.05) is 19.0 Å². The summed E-state index contributed by atoms with van der Waals surface area (Å²) in [6.07, 6.45) is 0.575. The van der Waals surface area contributed by atoms with Crippen LogP contribution in [0.4, 0.5) is 10.5 Å². The molecule has 0 aromatic heterocycles. The minimum absolute atomic E-state index is 0.0386. The fraction of sp³-hybridized carbons (Fsp3) is 0.286. The number of hydrogen-bond donors (Lipinski definition) is 3. The van der Waals surface area contributed by atoms with Crippen molar-refractivity contribution < 1.29 is 19.4 Å². The van der Waals surface area contributed by atoms with E-state index in [1.807, 2.05) is 0 Å². The lowest BCUT2D eigenvalue weighted by Gasteiger charge is -2.09. The van der Waals surface area contributed by atoms with Gasteiger partial charge in [0.05, 0.1) is 7.11 Å². The first-order valence-corrected chi connectivity index (χ1v) is 5.94. The molecule has 106 valence electrons. The van der Waals surface area contributed by atoms with Crippen LogP contribution < -0.4 is 15.4 Å². The summed E-state index contributed by atoms with van der Waals surface area (Å²) in [6.45, 7) is 2.17. The molecule has 20 heavy (non-hydrogen) atoms. The Morgan fingerprint density at radius 2 is 2.15 bits per heavy atom. The molecule has 6 heteroatoms. The zero-order valence-corrected chi connectivity index (χ0v) is 11.3. The topological polar surface area (TPSA) is 87.7 Å². The summed E-state index contributed by atoms with van der Waals surface area (Å²) in [4.78, 5) is 22.5. The van der Waals surface area contributed by atoms with E-state index in [0.717, 1.165) is 0 Å². The van der Waals surface area contributed by atoms with Crippen LogP contribution in [0.5, 0.6) is 5.75 Å². The summed E-state index contributed by atoms with van der Waals surface area (Å²) < 4.78 is 4.97. The summed E-state index contributed by atoms with van der Waals surface area (Å²) in [5.41, 5.74) is 0.489. The highest BCUT2D eigenvalue weighted by atomic mass is 16.5. The van der Waals surface area contributed by atoms with E-state index in [1.165, 1.54) is 25.3 Å². The van der Waals surface area contributed by atoms with E-state index in [-0.39, 0.29) is 17.3 Å². The maximum Gasteiger partial charge on any atom is 0.339 e. The molecule has 0 saturated carbocycles. The Morgan fingerprint density at radius 1 is 1.40 bits per heavy atom. The summed E-state index contributed by atoms with van der Waals surface area (Å²) in [5.74, 6) is 4.66. The van der Waals surface area contributed by atoms with Gasteiger partial charge in [0, 0.05) is 24.7 Å². The second kappa shape index (κ2) is 7.69. The van der Waals surface area contributed by atoms with Crippen molar-refractivity contribution in [2.24, 2.45) is 0 Å². The van der Waals surface area contributed by atoms with Gasteiger partial charge in [-0.3, -0.25) is 0 Å². The van der Waals surface area contributed by atoms with Crippen molar-refractivity contribution in [2.45, 2.75) is 13.3 Å². The SMILES string of the molecule is CC#CCCNC(=O)Nc1ccc(C(=O)O)c(OC)c1. The molecular weight excluding hydrogens is 260 g/mol. The molecular formula is C14H16N2O4. The van der Waals surface area contributed by atoms with Crippen LogP contribution in [0.2, 0.25) is 0 Å². The van der Waals surface area contributed by atoms with Crippen LogP contribution in [0.25, 0.3) is 0 Å². The summed E-state index contributed by atoms with van der Waals surface area (Å²) in [5, 5.41) is 14.2. The lowest BCUT2D eigenvalue weighted by molar-refractivity contribution is 0.0693. The number of amides is 2. The molecule has 0 saturated heterocycles. The van der Waals surface area contributed by atoms with E-state index in [2.05, 4.69) is 22.5 Å². The molecule has 0 atom stereocenters. The van der Waals surface area contributed by atoms with Gasteiger partial charge in [-0.1, -0.05) is 0 Å². The van der Waals surface area contributed by atoms with Gasteiger partial charge in [0.25, 0.3) is 0 Å². The molecule has 0 aliphatic heterocycles. The number of carbonyl (C=O) groups excluding carboxylic acids is 1. The third-order valence-electron chi connectivity index (χ3n) is 2.40. The van der Waals surface area contributed by atoms with E-state index in [9.17, 15) is 9.59 Å². The molecule has 0 unspecified atom stereocenters. The lowest BCUT2D eigenvalue weighted by atomic mass is 10.2. The normalized spacial score (nSPS) is 9.10. The second-order valence-electron chi connectivity index (χ2n) is 3.78. The summed E-state index contributed by atoms with van der Waals surface area (Å²) in [7, 11) is 1.37. The molecule has 0 fully saturated rings. The Labute approximate surface area is 117 Å². The lowest BCUT2D eigenvalue weighted by Crippen LogP contribution is -2.29. The smallest absolute Gasteiger partial charge is 0.339 e. The first kappa shape index (κ1) is 15.4. The Bertz CT molecular complexity index is 558. The van der Waals surface area contributed by atoms with Gasteiger partial charge in [0.2, 0.25) is 0 Å². The molecule has 0 spiro atoms. The number of methoxy groups -OCH3 is 1. The highest BCUT2D eigenvalue weighted by Crippen LogP contribution is 2.23. The molecule has 1 aromatic rings. The number of carbonyl (C=O) groups is 2. The number of ether oxygens (including phenoxy) is 1. The third kappa shape index (κ3) is 4.53. The quantitative estimate of drug-likeness (QED) is 0.566. The van der Waals surface area contributed by atoms with Gasteiger partial charge in [0.1, 0.15) is 11.3 Å². The number of nitrogens with one attached hydrogen (secondary N) is 2. The number of carboxylic acid groups (broad SMARTS) is 1. The third-order valence-corrected chi connectivity index (χ3v) is 2.40. The van der Waals surface area contributed by atoms with Crippen LogP contribution in [0.15, 0.2) is 18.2 Å². The van der Waals surface area contributed by atoms with Crippen molar-refractivity contribution >= 4 is 17.7 Å². The van der Waals surface area contributed by atoms with Crippen LogP contribution in [-0.4, -0.2) is 30.8 Å². The van der Waals surface area contributed by atoms with Crippen LogP contribution in [0.3, 0.4) is 0 Å². The first-order chi connectivity index (χ1) is 9.58. The molecule has 2 amide bonds. The van der Waals surface area contributed by atoms with Gasteiger partial charge in [-0.25, -0.2) is 9.59 Å². The van der Waals surface area contributed by atoms with E-state index in [4.69, 9.17) is 9.84 Å². The standard InChI is InChI=1S/C14H16N2O4/c1-3-4-5-8-15-14(19)16-10-6-7-11(13(17)18)12(9-10)20-2/h6-7,9H,5,8H2,1-2H3,(H,17,18)(H2,15,16,19). The van der Waals surface area contributed by atoms with Crippen LogP contribution in [0, 0.1) is 11.8 Å². The number of carboxylic acids is 1. The molecule has 0 heterocycles. The Hall–Kier alpha value is -2.68. The monoisotopic (exact) mass is 276 g/mol. The summed E-state index contributed by atoms with van der Waals surface area (Å²) in [6, 6.07) is 3.94. The van der Waals surface area contributed by atoms with Crippen LogP contribution in [0.1, 0.15) is 23.7 Å². The number of benzene rings is 1. The highest BCUT2D eigenvalue weighted by molar-refractivity contribution is 5.94. The van der Waals surface area contributed by atoms with Gasteiger partial charge >= 0.3 is 12.0 Å². The van der Waals surface area contributed by atoms with E-state index in [0.29, 0.717) is 18.7 Å². The largest absolute Gasteiger partial charge is 0.496 e. The zero-order valence-electron chi connectivity index (χ0n) is 11.3. The fourth-order valence-electron chi connectivity index (χ4n) is 1.48. The maximum absolute atomic E-state index is 11.6. The number of aromatic carboxylic acids is 1. The van der Waals surface area contributed by atoms with Crippen molar-refractivity contribution in [1.82, 2.24) is 5.32 Å². The van der Waals surface area contributed by atoms with Crippen LogP contribution in [-0.2, 0) is 0 Å². The molecule has 6 nitrogen and oxygen atoms in total. The predicted octanol–water partition coefficient (Wildman–Crippen LogP) is 1.93. The molecule has 1 aromatic carbocycles. The zero-order chi connectivity index (χ0) is 15.0. The number of hydrogen-bond acceptors (Lipinski definition) is 3. The van der Waals surface area contributed by atoms with Gasteiger partial charge in [-0.05, 0) is 19.1 Å². The minimum atomic E-state index is -1.09. The average molecular weight is 276 g/mol. The maximum atomic E-state index is 11.6. The Kier molecular flexibility index (Phi) is 5.91. The molecule has 0 radical (unpaired) electrons. The average Bonchev–Trinajstić information content (AvgIpc) is 2.43. The molecule has 0 aliphatic carbocycles. The summed E-state index contributed by atoms with van der Waals surface area (Å²) >= 11 is 0. The van der Waals surface area contributed by atoms with E-state index in [1.54, 1.807) is 6.92 Å². The minimum Gasteiger partial charge on any atom is -0.496 e. The number of rotatable bonds is 5. The number of anilines is 1. The Morgan fingerprint density at radius 3 is 2.75 bits per heavy atom. The predicted molar refractivity (Wildman–Crippen MR) is 75.0 cm³/mol. The number of urea groups is 1. The molecule has 0 aliphatic rings. The van der Waals surface area contributed by atoms with E-state index < -0.39 is 5.97 Å². The molecule has 1 rings (SSSR count). The molecule has 3 N–H and O–H groups in total. The fourth-order valence-corrected chi connectivity index (χ4v) is 1.48. The van der Waals surface area contributed by atoms with Crippen molar-refractivity contribution in [3.63, 3.8) is 0 Å². The van der Waals surface area contributed by atoms with Crippen molar-refractivity contribution in [1.29, 1.82) is 0 Å². The van der Waals surface area contributed by atoms with Gasteiger partial charge in [-0.2, -0.15) is 0 Å². The van der Waals surface area contributed by atoms with Crippen molar-refractivity contribution in [3.05, 3.63) is 23.8 Å². The van der Waals surface area contributed by atoms with Crippen molar-refractivity contribution in [3.8, 4) is 17.6 Å². The first-order valence-electron chi connectivity index (χ1n) is 5.94. The Balaban J connectivity index is 2.65. The van der Waals surface area contributed by atoms with Gasteiger partial charge in [0.15, 0.2) is 0 Å². The van der Waals surface area contributed by atoms with Gasteiger partial charge in [-0.15, -0.1) is 11.8 Å². The van der Waals surface area contributed by atoms with Crippen LogP contribution >= 0.6 is 0 Å². The van der Waals surface area contributed by atoms with Gasteiger partial charge < -0.3 is 20.5 Å². The highest BCUT2D eigenvalue weighted by Gasteiger charge is 2.12. The van der Waals surface area contributed by atoms with E-state index >= 15 is 0 Å².